The van der Waals surface area contributed by atoms with Crippen molar-refractivity contribution in [2.24, 2.45) is 0 Å². The molecule has 0 amide bonds. The number of hydrogen-bond acceptors (Lipinski definition) is 2. The van der Waals surface area contributed by atoms with Crippen LogP contribution in [0.5, 0.6) is 0 Å². The third kappa shape index (κ3) is 6.16. The van der Waals surface area contributed by atoms with Gasteiger partial charge in [-0.1, -0.05) is 35.1 Å². The molecule has 0 aliphatic carbocycles. The minimum atomic E-state index is 0.971. The minimum absolute atomic E-state index is 0.971. The number of hydrogen-bond donors (Lipinski definition) is 0. The van der Waals surface area contributed by atoms with Gasteiger partial charge in [0, 0.05) is 62.8 Å². The van der Waals surface area contributed by atoms with E-state index < -0.39 is 0 Å². The maximum absolute atomic E-state index is 3.06. The monoisotopic (exact) mass is 338 g/mol. The molecule has 0 aliphatic rings. The van der Waals surface area contributed by atoms with Crippen LogP contribution in [0.2, 0.25) is 0 Å². The minimum Gasteiger partial charge on any atom is -0.378 e. The molecule has 0 bridgehead atoms. The van der Waals surface area contributed by atoms with Crippen molar-refractivity contribution in [2.45, 2.75) is 0 Å². The van der Waals surface area contributed by atoms with Crippen molar-refractivity contribution in [3.8, 4) is 23.7 Å². The Morgan fingerprint density at radius 2 is 0.923 bits per heavy atom. The van der Waals surface area contributed by atoms with E-state index in [1.54, 1.807) is 12.2 Å². The molecule has 0 spiro atoms. The summed E-state index contributed by atoms with van der Waals surface area (Å²) >= 11 is 0. The summed E-state index contributed by atoms with van der Waals surface area (Å²) in [5.41, 5.74) is 10.0. The molecule has 2 aromatic rings. The fraction of sp³-hybridized carbons (Fsp3) is 0.167. The summed E-state index contributed by atoms with van der Waals surface area (Å²) in [5.74, 6) is 12.0. The van der Waals surface area contributed by atoms with E-state index in [0.717, 1.165) is 22.5 Å². The molecule has 0 heterocycles. The summed E-state index contributed by atoms with van der Waals surface area (Å²) in [5, 5.41) is 0. The van der Waals surface area contributed by atoms with E-state index in [1.807, 2.05) is 76.7 Å². The quantitative estimate of drug-likeness (QED) is 0.601. The molecule has 0 saturated heterocycles. The molecule has 0 N–H and O–H groups in total. The highest BCUT2D eigenvalue weighted by Crippen LogP contribution is 2.12. The molecule has 0 aliphatic heterocycles. The standard InChI is InChI=1S/C24H22N2/c1-25(2)23-17-13-21(14-18-23)11-9-7-5-6-8-10-12-22-15-19-24(20-16-22)26(3)4/h7-8,13-20H,1-4H3. The summed E-state index contributed by atoms with van der Waals surface area (Å²) in [7, 11) is 8.06. The molecule has 2 heteroatoms. The largest absolute Gasteiger partial charge is 0.378 e. The van der Waals surface area contributed by atoms with Crippen molar-refractivity contribution in [2.75, 3.05) is 38.0 Å². The van der Waals surface area contributed by atoms with Crippen molar-refractivity contribution in [1.82, 2.24) is 0 Å². The number of nitrogens with zero attached hydrogens (tertiary/aromatic N) is 2. The van der Waals surface area contributed by atoms with E-state index in [0.29, 0.717) is 0 Å². The first-order valence-corrected chi connectivity index (χ1v) is 8.28. The SMILES string of the molecule is CN(C)c1ccc(C#CC=C=C=CC#Cc2ccc(N(C)C)cc2)cc1. The summed E-state index contributed by atoms with van der Waals surface area (Å²) in [6, 6.07) is 16.2. The number of anilines is 2. The molecule has 0 saturated carbocycles. The maximum Gasteiger partial charge on any atom is 0.0390 e. The lowest BCUT2D eigenvalue weighted by Gasteiger charge is -2.11. The molecule has 2 rings (SSSR count). The number of allylic oxidation sites excluding steroid dienone is 2. The third-order valence-electron chi connectivity index (χ3n) is 3.57. The molecule has 0 radical (unpaired) electrons. The van der Waals surface area contributed by atoms with Crippen molar-refractivity contribution in [3.05, 3.63) is 83.3 Å². The third-order valence-corrected chi connectivity index (χ3v) is 3.57. The second-order valence-corrected chi connectivity index (χ2v) is 6.00. The van der Waals surface area contributed by atoms with E-state index >= 15 is 0 Å². The van der Waals surface area contributed by atoms with Crippen LogP contribution < -0.4 is 9.80 Å². The average Bonchev–Trinajstić information content (AvgIpc) is 2.64. The Labute approximate surface area is 156 Å². The molecule has 0 atom stereocenters. The second-order valence-electron chi connectivity index (χ2n) is 6.00. The first-order valence-electron chi connectivity index (χ1n) is 8.28. The van der Waals surface area contributed by atoms with Crippen LogP contribution in [0.25, 0.3) is 0 Å². The van der Waals surface area contributed by atoms with Gasteiger partial charge in [0.25, 0.3) is 0 Å². The van der Waals surface area contributed by atoms with Gasteiger partial charge in [-0.05, 0) is 48.5 Å². The Morgan fingerprint density at radius 3 is 1.23 bits per heavy atom. The molecule has 128 valence electrons. The van der Waals surface area contributed by atoms with Crippen LogP contribution in [0.15, 0.2) is 72.1 Å². The number of rotatable bonds is 2. The molecule has 2 aromatic carbocycles. The summed E-state index contributed by atoms with van der Waals surface area (Å²) in [6.07, 6.45) is 3.29. The zero-order valence-corrected chi connectivity index (χ0v) is 15.7. The van der Waals surface area contributed by atoms with Crippen molar-refractivity contribution >= 4 is 11.4 Å². The van der Waals surface area contributed by atoms with Crippen molar-refractivity contribution in [1.29, 1.82) is 0 Å². The lowest BCUT2D eigenvalue weighted by molar-refractivity contribution is 1.13. The lowest BCUT2D eigenvalue weighted by atomic mass is 10.2. The Kier molecular flexibility index (Phi) is 7.00. The normalized spacial score (nSPS) is 8.62. The van der Waals surface area contributed by atoms with Crippen molar-refractivity contribution < 1.29 is 0 Å². The van der Waals surface area contributed by atoms with Crippen LogP contribution in [0.3, 0.4) is 0 Å². The van der Waals surface area contributed by atoms with E-state index in [4.69, 9.17) is 0 Å². The molecule has 0 fully saturated rings. The molecule has 0 aromatic heterocycles. The predicted molar refractivity (Wildman–Crippen MR) is 111 cm³/mol. The summed E-state index contributed by atoms with van der Waals surface area (Å²) < 4.78 is 0. The maximum atomic E-state index is 3.06. The smallest absolute Gasteiger partial charge is 0.0390 e. The van der Waals surface area contributed by atoms with Gasteiger partial charge < -0.3 is 9.80 Å². The van der Waals surface area contributed by atoms with E-state index in [-0.39, 0.29) is 0 Å². The van der Waals surface area contributed by atoms with Gasteiger partial charge >= 0.3 is 0 Å². The van der Waals surface area contributed by atoms with Crippen LogP contribution in [0.4, 0.5) is 11.4 Å². The molecule has 0 unspecified atom stereocenters. The first-order chi connectivity index (χ1) is 12.6. The zero-order chi connectivity index (χ0) is 18.8. The van der Waals surface area contributed by atoms with Gasteiger partial charge in [0.1, 0.15) is 0 Å². The van der Waals surface area contributed by atoms with Crippen molar-refractivity contribution in [3.63, 3.8) is 0 Å². The van der Waals surface area contributed by atoms with Crippen LogP contribution in [0.1, 0.15) is 11.1 Å². The Hall–Kier alpha value is -3.54. The van der Waals surface area contributed by atoms with Gasteiger partial charge in [-0.15, -0.1) is 0 Å². The highest BCUT2D eigenvalue weighted by atomic mass is 15.1. The number of benzene rings is 2. The van der Waals surface area contributed by atoms with Gasteiger partial charge in [0.15, 0.2) is 0 Å². The van der Waals surface area contributed by atoms with E-state index in [1.165, 1.54) is 0 Å². The van der Waals surface area contributed by atoms with Crippen LogP contribution in [-0.2, 0) is 0 Å². The first kappa shape index (κ1) is 18.8. The van der Waals surface area contributed by atoms with Gasteiger partial charge in [0.2, 0.25) is 0 Å². The van der Waals surface area contributed by atoms with Crippen LogP contribution in [0, 0.1) is 23.7 Å². The fourth-order valence-corrected chi connectivity index (χ4v) is 2.08. The van der Waals surface area contributed by atoms with Crippen LogP contribution >= 0.6 is 0 Å². The van der Waals surface area contributed by atoms with Crippen LogP contribution in [-0.4, -0.2) is 28.2 Å². The Bertz CT molecular complexity index is 860. The highest BCUT2D eigenvalue weighted by molar-refractivity contribution is 5.50. The highest BCUT2D eigenvalue weighted by Gasteiger charge is 1.93. The molecular weight excluding hydrogens is 316 g/mol. The topological polar surface area (TPSA) is 6.48 Å². The Morgan fingerprint density at radius 1 is 0.577 bits per heavy atom. The second kappa shape index (κ2) is 9.68. The zero-order valence-electron chi connectivity index (χ0n) is 15.7. The lowest BCUT2D eigenvalue weighted by Crippen LogP contribution is -2.07. The Balaban J connectivity index is 1.95. The van der Waals surface area contributed by atoms with E-state index in [2.05, 4.69) is 44.9 Å². The molecule has 2 nitrogen and oxygen atoms in total. The summed E-state index contributed by atoms with van der Waals surface area (Å²) in [4.78, 5) is 4.12. The fourth-order valence-electron chi connectivity index (χ4n) is 2.08. The predicted octanol–water partition coefficient (Wildman–Crippen LogP) is 4.09. The molecular formula is C24H22N2. The van der Waals surface area contributed by atoms with Gasteiger partial charge in [-0.25, -0.2) is 0 Å². The van der Waals surface area contributed by atoms with Gasteiger partial charge in [-0.2, -0.15) is 0 Å². The molecule has 26 heavy (non-hydrogen) atoms. The summed E-state index contributed by atoms with van der Waals surface area (Å²) in [6.45, 7) is 0. The van der Waals surface area contributed by atoms with Gasteiger partial charge in [0.05, 0.1) is 0 Å². The average molecular weight is 338 g/mol. The van der Waals surface area contributed by atoms with E-state index in [9.17, 15) is 0 Å². The van der Waals surface area contributed by atoms with Gasteiger partial charge in [-0.3, -0.25) is 0 Å².